The molecule has 0 fully saturated rings. The number of hydrogen-bond donors (Lipinski definition) is 0. The smallest absolute Gasteiger partial charge is 0.131 e. The van der Waals surface area contributed by atoms with Crippen molar-refractivity contribution in [1.82, 2.24) is 39.9 Å². The first-order valence-electron chi connectivity index (χ1n) is 24.1. The summed E-state index contributed by atoms with van der Waals surface area (Å²) in [6.07, 6.45) is 11.2. The van der Waals surface area contributed by atoms with Crippen molar-refractivity contribution in [3.05, 3.63) is 140 Å². The van der Waals surface area contributed by atoms with Gasteiger partial charge in [-0.15, -0.1) is 18.4 Å². The minimum atomic E-state index is 0. The second-order valence-electron chi connectivity index (χ2n) is 19.1. The van der Waals surface area contributed by atoms with Gasteiger partial charge in [-0.05, 0) is 29.0 Å². The van der Waals surface area contributed by atoms with Crippen molar-refractivity contribution in [3.8, 4) is 0 Å². The largest absolute Gasteiger partial charge is 0.373 e. The van der Waals surface area contributed by atoms with Gasteiger partial charge >= 0.3 is 0 Å². The summed E-state index contributed by atoms with van der Waals surface area (Å²) in [6.45, 7) is 62.0. The van der Waals surface area contributed by atoms with Crippen LogP contribution in [-0.4, -0.2) is 39.9 Å². The molecule has 0 aromatic carbocycles. The third kappa shape index (κ3) is 24.7. The van der Waals surface area contributed by atoms with Crippen LogP contribution in [0, 0.1) is 54.7 Å². The van der Waals surface area contributed by atoms with Crippen molar-refractivity contribution in [1.29, 1.82) is 0 Å². The average molecular weight is 1230 g/mol. The molecule has 4 heterocycles. The maximum atomic E-state index is 4.67. The van der Waals surface area contributed by atoms with E-state index >= 15 is 0 Å². The summed E-state index contributed by atoms with van der Waals surface area (Å²) >= 11 is 0. The molecule has 12 heteroatoms. The van der Waals surface area contributed by atoms with E-state index < -0.39 is 0 Å². The fourth-order valence-corrected chi connectivity index (χ4v) is 6.84. The number of hydrogen-bond acceptors (Lipinski definition) is 8. The summed E-state index contributed by atoms with van der Waals surface area (Å²) in [4.78, 5) is 36.6. The van der Waals surface area contributed by atoms with Crippen molar-refractivity contribution in [2.24, 2.45) is 0 Å². The zero-order chi connectivity index (χ0) is 49.0. The van der Waals surface area contributed by atoms with Gasteiger partial charge in [-0.3, -0.25) is 9.97 Å². The molecule has 0 unspecified atom stereocenters. The maximum Gasteiger partial charge on any atom is 0.131 e. The van der Waals surface area contributed by atoms with Gasteiger partial charge in [-0.1, -0.05) is 171 Å². The Morgan fingerprint density at radius 2 is 0.779 bits per heavy atom. The van der Waals surface area contributed by atoms with Crippen LogP contribution in [0.25, 0.3) is 0 Å². The zero-order valence-corrected chi connectivity index (χ0v) is 57.2. The molecule has 0 N–H and O–H groups in total. The number of aromatic nitrogens is 8. The van der Waals surface area contributed by atoms with Gasteiger partial charge in [0, 0.05) is 166 Å². The van der Waals surface area contributed by atoms with Crippen LogP contribution in [0.2, 0.25) is 0 Å². The fraction of sp³-hybridized carbons (Fsp3) is 0.589. The Kier molecular flexibility index (Phi) is 43.0. The Hall–Kier alpha value is 0.476. The van der Waals surface area contributed by atoms with E-state index in [1.165, 1.54) is 16.7 Å². The molecule has 0 saturated heterocycles. The second kappa shape index (κ2) is 39.0. The summed E-state index contributed by atoms with van der Waals surface area (Å²) in [5.74, 6) is 6.80. The van der Waals surface area contributed by atoms with Gasteiger partial charge in [0.15, 0.2) is 0 Å². The first-order valence-corrected chi connectivity index (χ1v) is 24.1. The SMILES string of the molecule is [CH2-]CCCc1[c-]nc(C(C)C)nc1C(C)C.[CH2-]CCc1c([CH2-])nc(C(C)C)nc1C(C)C.[CH2-]CCc1nc(C(C)C)nc(C(C)C)c1[CH2-].[CH2-]Cc1nc(C(C)C)nc(C(C)C)c1C[CH2-].[Y].[Y].[Y].[Y]. The van der Waals surface area contributed by atoms with Crippen LogP contribution < -0.4 is 0 Å². The van der Waals surface area contributed by atoms with E-state index in [0.717, 1.165) is 120 Å². The monoisotopic (exact) mass is 1230 g/mol. The summed E-state index contributed by atoms with van der Waals surface area (Å²) in [6, 6.07) is 0. The molecule has 0 bridgehead atoms. The van der Waals surface area contributed by atoms with Crippen LogP contribution in [-0.2, 0) is 163 Å². The molecule has 0 amide bonds. The van der Waals surface area contributed by atoms with Crippen LogP contribution in [0.3, 0.4) is 0 Å². The standard InChI is InChI=1S/4C14H22N2.4Y/c1-7-8-12-11(6)15-14(10(4)5)16-13(12)9(2)3;1-7-8-12-11(6)13(9(2)3)16-14(15-12)10(4)5;1-7-11-12(8-2)15-14(10(5)6)16-13(11)9(3)4;1-6-7-8-12-9-15-14(11(4)5)16-13(12)10(2)3;;;;/h2*9-10H,1,6-8H2,2-5H3;9-10H,1-2,7-8H2,3-6H3;10-11H,1,6-8H2,2-5H3;;;;/q4*-2;;;;. The van der Waals surface area contributed by atoms with Crippen molar-refractivity contribution in [3.63, 3.8) is 0 Å². The van der Waals surface area contributed by atoms with Gasteiger partial charge in [0.25, 0.3) is 0 Å². The normalized spacial score (nSPS) is 10.8. The van der Waals surface area contributed by atoms with Crippen LogP contribution in [0.4, 0.5) is 0 Å². The fourth-order valence-electron chi connectivity index (χ4n) is 6.84. The Morgan fingerprint density at radius 3 is 1.16 bits per heavy atom. The van der Waals surface area contributed by atoms with Gasteiger partial charge in [0.1, 0.15) is 17.5 Å². The van der Waals surface area contributed by atoms with Gasteiger partial charge < -0.3 is 54.6 Å². The van der Waals surface area contributed by atoms with Crippen LogP contribution in [0.1, 0.15) is 269 Å². The van der Waals surface area contributed by atoms with Crippen molar-refractivity contribution >= 4 is 0 Å². The maximum absolute atomic E-state index is 4.67. The quantitative estimate of drug-likeness (QED) is 0.0964. The molecule has 0 atom stereocenters. The van der Waals surface area contributed by atoms with Gasteiger partial charge in [-0.2, -0.15) is 43.7 Å². The minimum Gasteiger partial charge on any atom is -0.373 e. The first kappa shape index (κ1) is 75.0. The molecular weight excluding hydrogens is 1140 g/mol. The van der Waals surface area contributed by atoms with Crippen LogP contribution in [0.15, 0.2) is 0 Å². The van der Waals surface area contributed by atoms with Crippen LogP contribution >= 0.6 is 0 Å². The molecule has 0 saturated carbocycles. The molecule has 68 heavy (non-hydrogen) atoms. The number of unbranched alkanes of at least 4 members (excludes halogenated alkanes) is 1. The number of nitrogens with zero attached hydrogens (tertiary/aromatic N) is 8. The molecule has 4 radical (unpaired) electrons. The molecule has 4 aromatic rings. The van der Waals surface area contributed by atoms with E-state index in [-0.39, 0.29) is 131 Å². The average Bonchev–Trinajstić information content (AvgIpc) is 3.23. The number of rotatable bonds is 17. The summed E-state index contributed by atoms with van der Waals surface area (Å²) in [5, 5.41) is 0. The van der Waals surface area contributed by atoms with E-state index in [9.17, 15) is 0 Å². The molecule has 0 aliphatic heterocycles. The first-order chi connectivity index (χ1) is 30.0. The third-order valence-electron chi connectivity index (χ3n) is 10.5. The molecule has 0 aliphatic rings. The van der Waals surface area contributed by atoms with E-state index in [0.29, 0.717) is 53.8 Å². The van der Waals surface area contributed by atoms with Crippen molar-refractivity contribution < 1.29 is 131 Å². The molecular formula is C56H88N8Y4-8. The molecule has 4 aromatic heterocycles. The topological polar surface area (TPSA) is 103 Å². The van der Waals surface area contributed by atoms with E-state index in [4.69, 9.17) is 0 Å². The van der Waals surface area contributed by atoms with Gasteiger partial charge in [-0.25, -0.2) is 16.9 Å². The van der Waals surface area contributed by atoms with Crippen LogP contribution in [0.5, 0.6) is 0 Å². The Balaban J connectivity index is -0.000000394. The Labute approximate surface area is 520 Å². The van der Waals surface area contributed by atoms with Gasteiger partial charge in [0.05, 0.1) is 0 Å². The predicted molar refractivity (Wildman–Crippen MR) is 272 cm³/mol. The van der Waals surface area contributed by atoms with Crippen molar-refractivity contribution in [2.75, 3.05) is 0 Å². The van der Waals surface area contributed by atoms with Gasteiger partial charge in [0.2, 0.25) is 0 Å². The second-order valence-corrected chi connectivity index (χ2v) is 19.1. The zero-order valence-electron chi connectivity index (χ0n) is 45.8. The summed E-state index contributed by atoms with van der Waals surface area (Å²) in [5.41, 5.74) is 12.1. The predicted octanol–water partition coefficient (Wildman–Crippen LogP) is 14.5. The van der Waals surface area contributed by atoms with E-state index in [2.05, 4.69) is 205 Å². The number of aryl methyl sites for hydroxylation is 2. The Morgan fingerprint density at radius 1 is 0.382 bits per heavy atom. The molecule has 8 nitrogen and oxygen atoms in total. The summed E-state index contributed by atoms with van der Waals surface area (Å²) in [7, 11) is 0. The minimum absolute atomic E-state index is 0. The molecule has 0 spiro atoms. The summed E-state index contributed by atoms with van der Waals surface area (Å²) < 4.78 is 0. The molecule has 4 rings (SSSR count). The molecule has 372 valence electrons. The van der Waals surface area contributed by atoms with E-state index in [1.807, 2.05) is 0 Å². The molecule has 0 aliphatic carbocycles. The Bertz CT molecular complexity index is 1980. The third-order valence-corrected chi connectivity index (χ3v) is 10.5. The van der Waals surface area contributed by atoms with E-state index in [1.54, 1.807) is 0 Å². The van der Waals surface area contributed by atoms with Crippen molar-refractivity contribution in [2.45, 2.75) is 216 Å².